The van der Waals surface area contributed by atoms with Crippen molar-refractivity contribution in [1.82, 2.24) is 0 Å². The highest BCUT2D eigenvalue weighted by atomic mass is 31.2. The molecule has 2 atom stereocenters. The lowest BCUT2D eigenvalue weighted by molar-refractivity contribution is -0.161. The number of carbonyl (C=O) groups is 2. The Bertz CT molecular complexity index is 709. The van der Waals surface area contributed by atoms with Crippen molar-refractivity contribution >= 4 is 19.8 Å². The standard InChI is InChI=1S/C34H68NO8P/c1-3-5-7-9-11-13-15-16-17-19-21-23-25-27-34(37)43-32(31-42-44(38,39)41-29-28-35)30-40-33(36)26-24-22-20-18-14-12-10-8-6-4-2/h32H,3-31,35H2,1-2H3,(H,38,39)/t32-/m1/s1. The van der Waals surface area contributed by atoms with E-state index in [-0.39, 0.29) is 38.6 Å². The third-order valence-electron chi connectivity index (χ3n) is 7.74. The van der Waals surface area contributed by atoms with Gasteiger partial charge < -0.3 is 20.1 Å². The molecular formula is C34H68NO8P. The third-order valence-corrected chi connectivity index (χ3v) is 8.73. The first-order valence-corrected chi connectivity index (χ1v) is 19.5. The summed E-state index contributed by atoms with van der Waals surface area (Å²) in [5, 5.41) is 0. The van der Waals surface area contributed by atoms with Crippen molar-refractivity contribution in [2.24, 2.45) is 5.73 Å². The summed E-state index contributed by atoms with van der Waals surface area (Å²) in [6.45, 7) is 3.72. The zero-order valence-electron chi connectivity index (χ0n) is 28.4. The van der Waals surface area contributed by atoms with Crippen LogP contribution in [-0.2, 0) is 32.7 Å². The number of nitrogens with two attached hydrogens (primary N) is 1. The number of unbranched alkanes of at least 4 members (excludes halogenated alkanes) is 21. The average molecular weight is 650 g/mol. The Morgan fingerprint density at radius 1 is 0.591 bits per heavy atom. The van der Waals surface area contributed by atoms with Gasteiger partial charge in [-0.3, -0.25) is 18.6 Å². The molecule has 0 rings (SSSR count). The van der Waals surface area contributed by atoms with E-state index in [0.717, 1.165) is 32.1 Å². The lowest BCUT2D eigenvalue weighted by atomic mass is 10.0. The number of hydrogen-bond acceptors (Lipinski definition) is 8. The molecule has 0 aromatic carbocycles. The van der Waals surface area contributed by atoms with Crippen molar-refractivity contribution in [1.29, 1.82) is 0 Å². The predicted molar refractivity (Wildman–Crippen MR) is 178 cm³/mol. The SMILES string of the molecule is CCCCCCCCCCCCCCCC(=O)O[C@H](COC(=O)CCCCCCCCCCCC)COP(=O)(O)OCCN. The smallest absolute Gasteiger partial charge is 0.462 e. The van der Waals surface area contributed by atoms with Crippen LogP contribution in [-0.4, -0.2) is 49.3 Å². The largest absolute Gasteiger partial charge is 0.472 e. The highest BCUT2D eigenvalue weighted by molar-refractivity contribution is 7.47. The van der Waals surface area contributed by atoms with Crippen LogP contribution in [0.4, 0.5) is 0 Å². The molecule has 0 heterocycles. The lowest BCUT2D eigenvalue weighted by Crippen LogP contribution is -2.29. The second-order valence-electron chi connectivity index (χ2n) is 12.1. The Hall–Kier alpha value is -0.990. The van der Waals surface area contributed by atoms with Crippen molar-refractivity contribution in [2.75, 3.05) is 26.4 Å². The number of phosphoric ester groups is 1. The second kappa shape index (κ2) is 32.0. The normalized spacial score (nSPS) is 13.5. The first-order chi connectivity index (χ1) is 21.3. The highest BCUT2D eigenvalue weighted by Crippen LogP contribution is 2.43. The van der Waals surface area contributed by atoms with Crippen LogP contribution >= 0.6 is 7.82 Å². The van der Waals surface area contributed by atoms with Gasteiger partial charge in [0.05, 0.1) is 13.2 Å². The maximum Gasteiger partial charge on any atom is 0.472 e. The van der Waals surface area contributed by atoms with E-state index >= 15 is 0 Å². The molecule has 0 aromatic heterocycles. The molecule has 0 amide bonds. The van der Waals surface area contributed by atoms with Gasteiger partial charge in [0.15, 0.2) is 6.10 Å². The summed E-state index contributed by atoms with van der Waals surface area (Å²) < 4.78 is 32.5. The third kappa shape index (κ3) is 31.0. The molecular weight excluding hydrogens is 581 g/mol. The van der Waals surface area contributed by atoms with Gasteiger partial charge in [0, 0.05) is 19.4 Å². The van der Waals surface area contributed by atoms with Crippen molar-refractivity contribution in [3.8, 4) is 0 Å². The number of carbonyl (C=O) groups excluding carboxylic acids is 2. The van der Waals surface area contributed by atoms with Crippen LogP contribution in [0.1, 0.15) is 174 Å². The van der Waals surface area contributed by atoms with Crippen LogP contribution < -0.4 is 5.73 Å². The molecule has 0 fully saturated rings. The van der Waals surface area contributed by atoms with Crippen molar-refractivity contribution in [3.63, 3.8) is 0 Å². The second-order valence-corrected chi connectivity index (χ2v) is 13.6. The quantitative estimate of drug-likeness (QED) is 0.0397. The molecule has 3 N–H and O–H groups in total. The van der Waals surface area contributed by atoms with Crippen LogP contribution in [0.2, 0.25) is 0 Å². The topological polar surface area (TPSA) is 134 Å². The number of phosphoric acid groups is 1. The fourth-order valence-electron chi connectivity index (χ4n) is 5.05. The van der Waals surface area contributed by atoms with Gasteiger partial charge in [0.2, 0.25) is 0 Å². The minimum Gasteiger partial charge on any atom is -0.462 e. The molecule has 0 aromatic rings. The molecule has 262 valence electrons. The molecule has 0 aliphatic heterocycles. The van der Waals surface area contributed by atoms with Crippen LogP contribution in [0.5, 0.6) is 0 Å². The monoisotopic (exact) mass is 649 g/mol. The zero-order valence-corrected chi connectivity index (χ0v) is 29.3. The van der Waals surface area contributed by atoms with Crippen LogP contribution in [0.15, 0.2) is 0 Å². The summed E-state index contributed by atoms with van der Waals surface area (Å²) in [7, 11) is -4.36. The Balaban J connectivity index is 4.23. The van der Waals surface area contributed by atoms with Crippen molar-refractivity contribution < 1.29 is 37.6 Å². The van der Waals surface area contributed by atoms with E-state index in [9.17, 15) is 19.0 Å². The Morgan fingerprint density at radius 3 is 1.39 bits per heavy atom. The van der Waals surface area contributed by atoms with E-state index in [2.05, 4.69) is 13.8 Å². The molecule has 0 aliphatic carbocycles. The van der Waals surface area contributed by atoms with Gasteiger partial charge in [-0.2, -0.15) is 0 Å². The molecule has 1 unspecified atom stereocenters. The zero-order chi connectivity index (χ0) is 32.6. The molecule has 0 radical (unpaired) electrons. The molecule has 0 aliphatic rings. The van der Waals surface area contributed by atoms with E-state index in [1.165, 1.54) is 109 Å². The van der Waals surface area contributed by atoms with Gasteiger partial charge in [-0.15, -0.1) is 0 Å². The highest BCUT2D eigenvalue weighted by Gasteiger charge is 2.25. The maximum absolute atomic E-state index is 12.5. The van der Waals surface area contributed by atoms with E-state index in [0.29, 0.717) is 6.42 Å². The summed E-state index contributed by atoms with van der Waals surface area (Å²) in [4.78, 5) is 34.6. The van der Waals surface area contributed by atoms with Crippen LogP contribution in [0.3, 0.4) is 0 Å². The van der Waals surface area contributed by atoms with Crippen LogP contribution in [0.25, 0.3) is 0 Å². The van der Waals surface area contributed by atoms with Gasteiger partial charge in [-0.25, -0.2) is 4.57 Å². The van der Waals surface area contributed by atoms with Crippen molar-refractivity contribution in [2.45, 2.75) is 180 Å². The predicted octanol–water partition coefficient (Wildman–Crippen LogP) is 9.33. The molecule has 9 nitrogen and oxygen atoms in total. The van der Waals surface area contributed by atoms with Crippen molar-refractivity contribution in [3.05, 3.63) is 0 Å². The average Bonchev–Trinajstić information content (AvgIpc) is 3.00. The maximum atomic E-state index is 12.5. The Kier molecular flexibility index (Phi) is 31.3. The Morgan fingerprint density at radius 2 is 0.977 bits per heavy atom. The van der Waals surface area contributed by atoms with Gasteiger partial charge in [0.25, 0.3) is 0 Å². The summed E-state index contributed by atoms with van der Waals surface area (Å²) >= 11 is 0. The Labute approximate surface area is 269 Å². The fourth-order valence-corrected chi connectivity index (χ4v) is 5.81. The summed E-state index contributed by atoms with van der Waals surface area (Å²) in [5.74, 6) is -0.822. The molecule has 0 spiro atoms. The van der Waals surface area contributed by atoms with E-state index in [1.807, 2.05) is 0 Å². The minimum absolute atomic E-state index is 0.0576. The van der Waals surface area contributed by atoms with Gasteiger partial charge in [-0.05, 0) is 12.8 Å². The van der Waals surface area contributed by atoms with Crippen LogP contribution in [0, 0.1) is 0 Å². The fraction of sp³-hybridized carbons (Fsp3) is 0.941. The summed E-state index contributed by atoms with van der Waals surface area (Å²) in [6.07, 6.45) is 27.0. The van der Waals surface area contributed by atoms with Gasteiger partial charge >= 0.3 is 19.8 Å². The first-order valence-electron chi connectivity index (χ1n) is 18.0. The number of rotatable bonds is 34. The number of esters is 2. The molecule has 0 bridgehead atoms. The van der Waals surface area contributed by atoms with E-state index in [1.54, 1.807) is 0 Å². The lowest BCUT2D eigenvalue weighted by Gasteiger charge is -2.19. The summed E-state index contributed by atoms with van der Waals surface area (Å²) in [5.41, 5.74) is 5.32. The first kappa shape index (κ1) is 43.0. The number of ether oxygens (including phenoxy) is 2. The van der Waals surface area contributed by atoms with E-state index < -0.39 is 26.5 Å². The number of hydrogen-bond donors (Lipinski definition) is 2. The minimum atomic E-state index is -4.36. The van der Waals surface area contributed by atoms with Gasteiger partial charge in [-0.1, -0.05) is 149 Å². The summed E-state index contributed by atoms with van der Waals surface area (Å²) in [6, 6.07) is 0. The molecule has 10 heteroatoms. The molecule has 0 saturated carbocycles. The molecule has 0 saturated heterocycles. The molecule has 44 heavy (non-hydrogen) atoms. The van der Waals surface area contributed by atoms with E-state index in [4.69, 9.17) is 24.3 Å². The van der Waals surface area contributed by atoms with Gasteiger partial charge in [0.1, 0.15) is 6.61 Å².